The summed E-state index contributed by atoms with van der Waals surface area (Å²) in [5.41, 5.74) is -2.75. The Labute approximate surface area is 137 Å². The third-order valence-electron chi connectivity index (χ3n) is 3.30. The molecule has 9 heteroatoms. The molecule has 23 heavy (non-hydrogen) atoms. The zero-order chi connectivity index (χ0) is 17.3. The van der Waals surface area contributed by atoms with Gasteiger partial charge in [-0.1, -0.05) is 6.07 Å². The highest BCUT2D eigenvalue weighted by Crippen LogP contribution is 2.45. The van der Waals surface area contributed by atoms with Crippen molar-refractivity contribution < 1.29 is 22.7 Å². The van der Waals surface area contributed by atoms with E-state index in [4.69, 9.17) is 5.84 Å². The maximum atomic E-state index is 14.8. The van der Waals surface area contributed by atoms with Gasteiger partial charge in [-0.2, -0.15) is 8.78 Å². The SMILES string of the molecule is NNCC(O)(c1ccc(F)cc1F)C(F)(F)c1ccc(Br)cn1. The van der Waals surface area contributed by atoms with Crippen LogP contribution in [0.3, 0.4) is 0 Å². The average molecular weight is 394 g/mol. The van der Waals surface area contributed by atoms with Crippen LogP contribution in [-0.4, -0.2) is 16.6 Å². The Morgan fingerprint density at radius 1 is 1.22 bits per heavy atom. The molecule has 124 valence electrons. The fourth-order valence-electron chi connectivity index (χ4n) is 2.12. The second-order valence-corrected chi connectivity index (χ2v) is 5.72. The van der Waals surface area contributed by atoms with Gasteiger partial charge in [-0.3, -0.25) is 16.3 Å². The molecule has 0 saturated carbocycles. The maximum Gasteiger partial charge on any atom is 0.323 e. The van der Waals surface area contributed by atoms with E-state index in [-0.39, 0.29) is 0 Å². The minimum Gasteiger partial charge on any atom is -0.377 e. The highest BCUT2D eigenvalue weighted by molar-refractivity contribution is 9.10. The monoisotopic (exact) mass is 393 g/mol. The van der Waals surface area contributed by atoms with E-state index in [2.05, 4.69) is 20.9 Å². The van der Waals surface area contributed by atoms with E-state index < -0.39 is 41.0 Å². The standard InChI is InChI=1S/C14H12BrF4N3O/c15-8-1-4-12(21-6-8)14(18,19)13(23,7-22-20)10-3-2-9(16)5-11(10)17/h1-6,22-23H,7,20H2. The maximum absolute atomic E-state index is 14.8. The molecular formula is C14H12BrF4N3O. The van der Waals surface area contributed by atoms with Gasteiger partial charge in [0.15, 0.2) is 5.60 Å². The van der Waals surface area contributed by atoms with Gasteiger partial charge in [0.1, 0.15) is 17.3 Å². The second kappa shape index (κ2) is 6.52. The fourth-order valence-corrected chi connectivity index (χ4v) is 2.36. The molecule has 4 N–H and O–H groups in total. The van der Waals surface area contributed by atoms with Gasteiger partial charge in [-0.15, -0.1) is 0 Å². The number of hydrazine groups is 1. The van der Waals surface area contributed by atoms with Crippen molar-refractivity contribution in [2.45, 2.75) is 11.5 Å². The molecule has 1 unspecified atom stereocenters. The van der Waals surface area contributed by atoms with E-state index in [1.807, 2.05) is 5.43 Å². The van der Waals surface area contributed by atoms with Crippen molar-refractivity contribution in [3.63, 3.8) is 0 Å². The van der Waals surface area contributed by atoms with Crippen LogP contribution >= 0.6 is 15.9 Å². The minimum absolute atomic E-state index is 0.405. The Hall–Kier alpha value is -1.55. The van der Waals surface area contributed by atoms with Crippen molar-refractivity contribution in [2.75, 3.05) is 6.54 Å². The molecule has 0 spiro atoms. The molecule has 2 rings (SSSR count). The van der Waals surface area contributed by atoms with E-state index in [0.717, 1.165) is 24.4 Å². The van der Waals surface area contributed by atoms with Crippen LogP contribution in [0.4, 0.5) is 17.6 Å². The molecule has 1 atom stereocenters. The summed E-state index contributed by atoms with van der Waals surface area (Å²) in [6.07, 6.45) is 1.11. The van der Waals surface area contributed by atoms with Crippen LogP contribution in [0.2, 0.25) is 0 Å². The molecule has 0 aliphatic heterocycles. The average Bonchev–Trinajstić information content (AvgIpc) is 2.47. The number of alkyl halides is 2. The van der Waals surface area contributed by atoms with Gasteiger partial charge in [0.2, 0.25) is 0 Å². The molecule has 1 heterocycles. The Bertz CT molecular complexity index is 699. The number of aromatic nitrogens is 1. The molecule has 0 fully saturated rings. The van der Waals surface area contributed by atoms with Crippen molar-refractivity contribution >= 4 is 15.9 Å². The van der Waals surface area contributed by atoms with Gasteiger partial charge in [-0.25, -0.2) is 8.78 Å². The highest BCUT2D eigenvalue weighted by Gasteiger charge is 2.57. The molecular weight excluding hydrogens is 382 g/mol. The lowest BCUT2D eigenvalue weighted by molar-refractivity contribution is -0.196. The summed E-state index contributed by atoms with van der Waals surface area (Å²) in [5.74, 6) is -1.22. The van der Waals surface area contributed by atoms with E-state index in [9.17, 15) is 22.7 Å². The fraction of sp³-hybridized carbons (Fsp3) is 0.214. The van der Waals surface area contributed by atoms with Gasteiger partial charge in [0.05, 0.1) is 0 Å². The van der Waals surface area contributed by atoms with Gasteiger partial charge < -0.3 is 5.11 Å². The van der Waals surface area contributed by atoms with Crippen LogP contribution in [0.1, 0.15) is 11.3 Å². The third kappa shape index (κ3) is 3.23. The van der Waals surface area contributed by atoms with Gasteiger partial charge in [0, 0.05) is 28.8 Å². The van der Waals surface area contributed by atoms with Crippen LogP contribution in [0.25, 0.3) is 0 Å². The second-order valence-electron chi connectivity index (χ2n) is 4.80. The molecule has 0 amide bonds. The van der Waals surface area contributed by atoms with Crippen molar-refractivity contribution in [2.24, 2.45) is 5.84 Å². The first-order valence-electron chi connectivity index (χ1n) is 6.33. The highest BCUT2D eigenvalue weighted by atomic mass is 79.9. The lowest BCUT2D eigenvalue weighted by Crippen LogP contribution is -2.52. The molecule has 0 bridgehead atoms. The van der Waals surface area contributed by atoms with Gasteiger partial charge >= 0.3 is 5.92 Å². The summed E-state index contributed by atoms with van der Waals surface area (Å²) in [4.78, 5) is 3.55. The van der Waals surface area contributed by atoms with Crippen LogP contribution in [0, 0.1) is 11.6 Å². The molecule has 1 aromatic carbocycles. The van der Waals surface area contributed by atoms with Gasteiger partial charge in [-0.05, 0) is 34.1 Å². The largest absolute Gasteiger partial charge is 0.377 e. The van der Waals surface area contributed by atoms with Crippen molar-refractivity contribution in [1.82, 2.24) is 10.4 Å². The molecule has 1 aromatic heterocycles. The van der Waals surface area contributed by atoms with E-state index >= 15 is 0 Å². The molecule has 0 aliphatic carbocycles. The number of halogens is 5. The van der Waals surface area contributed by atoms with Crippen LogP contribution in [0.15, 0.2) is 41.0 Å². The number of nitrogens with one attached hydrogen (secondary N) is 1. The molecule has 2 aromatic rings. The number of nitrogens with two attached hydrogens (primary N) is 1. The van der Waals surface area contributed by atoms with Crippen molar-refractivity contribution in [1.29, 1.82) is 0 Å². The van der Waals surface area contributed by atoms with E-state index in [1.54, 1.807) is 0 Å². The first kappa shape index (κ1) is 17.8. The number of hydrogen-bond donors (Lipinski definition) is 3. The smallest absolute Gasteiger partial charge is 0.323 e. The van der Waals surface area contributed by atoms with Crippen LogP contribution in [0.5, 0.6) is 0 Å². The number of pyridine rings is 1. The summed E-state index contributed by atoms with van der Waals surface area (Å²) in [7, 11) is 0. The summed E-state index contributed by atoms with van der Waals surface area (Å²) < 4.78 is 57.0. The Morgan fingerprint density at radius 3 is 2.43 bits per heavy atom. The number of hydrogen-bond acceptors (Lipinski definition) is 4. The molecule has 0 aliphatic rings. The minimum atomic E-state index is -4.00. The quantitative estimate of drug-likeness (QED) is 0.414. The molecule has 0 saturated heterocycles. The zero-order valence-corrected chi connectivity index (χ0v) is 13.1. The topological polar surface area (TPSA) is 71.2 Å². The lowest BCUT2D eigenvalue weighted by Gasteiger charge is -2.35. The third-order valence-corrected chi connectivity index (χ3v) is 3.77. The molecule has 0 radical (unpaired) electrons. The Kier molecular flexibility index (Phi) is 5.04. The zero-order valence-electron chi connectivity index (χ0n) is 11.5. The number of aliphatic hydroxyl groups is 1. The summed E-state index contributed by atoms with van der Waals surface area (Å²) >= 11 is 3.05. The predicted octanol–water partition coefficient (Wildman–Crippen LogP) is 2.57. The summed E-state index contributed by atoms with van der Waals surface area (Å²) in [5, 5.41) is 10.5. The van der Waals surface area contributed by atoms with Crippen molar-refractivity contribution in [3.8, 4) is 0 Å². The Balaban J connectivity index is 2.60. The first-order valence-corrected chi connectivity index (χ1v) is 7.13. The molecule has 4 nitrogen and oxygen atoms in total. The predicted molar refractivity (Wildman–Crippen MR) is 78.3 cm³/mol. The lowest BCUT2D eigenvalue weighted by atomic mass is 9.84. The van der Waals surface area contributed by atoms with Gasteiger partial charge in [0.25, 0.3) is 0 Å². The summed E-state index contributed by atoms with van der Waals surface area (Å²) in [6, 6.07) is 4.20. The normalized spacial score (nSPS) is 14.6. The number of nitrogens with zero attached hydrogens (tertiary/aromatic N) is 1. The van der Waals surface area contributed by atoms with Crippen LogP contribution in [-0.2, 0) is 11.5 Å². The van der Waals surface area contributed by atoms with E-state index in [0.29, 0.717) is 10.5 Å². The number of benzene rings is 1. The van der Waals surface area contributed by atoms with Crippen molar-refractivity contribution in [3.05, 3.63) is 63.9 Å². The number of rotatable bonds is 5. The first-order chi connectivity index (χ1) is 10.7. The van der Waals surface area contributed by atoms with Crippen LogP contribution < -0.4 is 11.3 Å². The Morgan fingerprint density at radius 2 is 1.91 bits per heavy atom. The summed E-state index contributed by atoms with van der Waals surface area (Å²) in [6.45, 7) is -0.889. The van der Waals surface area contributed by atoms with E-state index in [1.165, 1.54) is 6.07 Å².